The molecule has 0 aliphatic rings. The number of aliphatic imine (C=N–C) groups is 1. The van der Waals surface area contributed by atoms with Crippen molar-refractivity contribution in [2.75, 3.05) is 0 Å². The summed E-state index contributed by atoms with van der Waals surface area (Å²) in [6, 6.07) is 36.1. The standard InChI is InChI=1S/C38H27N7/c1-3-10-27-15-16-28-17-22-33(42-35(28)34(27)39-2)38-44-36(31-20-18-29(23-40-31)25-11-6-4-7-12-25)43-37(45-38)32-21-19-30(24-41-32)26-13-8-5-9-14-26/h3-24H,2H2,1H3/b10-3-. The smallest absolute Gasteiger partial charge is 0.182 e. The van der Waals surface area contributed by atoms with Gasteiger partial charge in [-0.05, 0) is 43.0 Å². The largest absolute Gasteiger partial charge is 0.262 e. The molecule has 0 radical (unpaired) electrons. The van der Waals surface area contributed by atoms with E-state index in [0.717, 1.165) is 38.7 Å². The number of benzene rings is 3. The van der Waals surface area contributed by atoms with Crippen LogP contribution in [0.4, 0.5) is 5.69 Å². The molecule has 7 nitrogen and oxygen atoms in total. The van der Waals surface area contributed by atoms with E-state index in [0.29, 0.717) is 40.2 Å². The Labute approximate surface area is 260 Å². The maximum absolute atomic E-state index is 4.98. The third kappa shape index (κ3) is 5.62. The highest BCUT2D eigenvalue weighted by atomic mass is 15.1. The highest BCUT2D eigenvalue weighted by Crippen LogP contribution is 2.32. The van der Waals surface area contributed by atoms with Crippen molar-refractivity contribution in [1.82, 2.24) is 29.9 Å². The van der Waals surface area contributed by atoms with E-state index in [4.69, 9.17) is 29.9 Å². The second-order valence-corrected chi connectivity index (χ2v) is 10.3. The van der Waals surface area contributed by atoms with Crippen LogP contribution in [0.15, 0.2) is 133 Å². The minimum atomic E-state index is 0.409. The van der Waals surface area contributed by atoms with E-state index in [1.807, 2.05) is 116 Å². The molecular weight excluding hydrogens is 554 g/mol. The third-order valence-corrected chi connectivity index (χ3v) is 7.43. The van der Waals surface area contributed by atoms with E-state index in [1.54, 1.807) is 0 Å². The molecule has 0 bridgehead atoms. The average molecular weight is 582 g/mol. The van der Waals surface area contributed by atoms with Gasteiger partial charge in [-0.15, -0.1) is 0 Å². The number of pyridine rings is 3. The summed E-state index contributed by atoms with van der Waals surface area (Å²) in [5.74, 6) is 1.26. The van der Waals surface area contributed by atoms with Gasteiger partial charge < -0.3 is 0 Å². The number of allylic oxidation sites excluding steroid dienone is 1. The summed E-state index contributed by atoms with van der Waals surface area (Å²) in [4.78, 5) is 33.3. The van der Waals surface area contributed by atoms with Crippen LogP contribution in [0.2, 0.25) is 0 Å². The molecule has 4 aromatic heterocycles. The Kier molecular flexibility index (Phi) is 7.48. The first-order valence-corrected chi connectivity index (χ1v) is 14.5. The van der Waals surface area contributed by atoms with Crippen LogP contribution in [0.3, 0.4) is 0 Å². The molecule has 0 amide bonds. The van der Waals surface area contributed by atoms with Crippen LogP contribution in [0.5, 0.6) is 0 Å². The molecule has 4 heterocycles. The quantitative estimate of drug-likeness (QED) is 0.175. The van der Waals surface area contributed by atoms with Crippen molar-refractivity contribution >= 4 is 29.4 Å². The van der Waals surface area contributed by atoms with E-state index in [2.05, 4.69) is 36.0 Å². The lowest BCUT2D eigenvalue weighted by Crippen LogP contribution is -2.03. The van der Waals surface area contributed by atoms with Crippen molar-refractivity contribution in [3.8, 4) is 56.8 Å². The zero-order valence-corrected chi connectivity index (χ0v) is 24.5. The fourth-order valence-electron chi connectivity index (χ4n) is 5.17. The molecule has 7 aromatic rings. The van der Waals surface area contributed by atoms with Gasteiger partial charge in [-0.1, -0.05) is 103 Å². The zero-order valence-electron chi connectivity index (χ0n) is 24.5. The molecule has 7 rings (SSSR count). The van der Waals surface area contributed by atoms with E-state index in [-0.39, 0.29) is 0 Å². The van der Waals surface area contributed by atoms with Gasteiger partial charge in [-0.25, -0.2) is 19.9 Å². The normalized spacial score (nSPS) is 11.2. The van der Waals surface area contributed by atoms with Crippen LogP contribution in [0.1, 0.15) is 12.5 Å². The van der Waals surface area contributed by atoms with Crippen LogP contribution in [-0.2, 0) is 0 Å². The van der Waals surface area contributed by atoms with Crippen LogP contribution in [0.25, 0.3) is 73.8 Å². The molecule has 214 valence electrons. The zero-order chi connectivity index (χ0) is 30.6. The van der Waals surface area contributed by atoms with Gasteiger partial charge in [0.25, 0.3) is 0 Å². The van der Waals surface area contributed by atoms with Gasteiger partial charge in [-0.2, -0.15) is 0 Å². The van der Waals surface area contributed by atoms with Crippen molar-refractivity contribution in [1.29, 1.82) is 0 Å². The summed E-state index contributed by atoms with van der Waals surface area (Å²) < 4.78 is 0. The van der Waals surface area contributed by atoms with Gasteiger partial charge in [0.2, 0.25) is 0 Å². The van der Waals surface area contributed by atoms with Gasteiger partial charge >= 0.3 is 0 Å². The molecule has 0 aliphatic carbocycles. The first-order valence-electron chi connectivity index (χ1n) is 14.5. The Morgan fingerprint density at radius 2 is 1.04 bits per heavy atom. The van der Waals surface area contributed by atoms with Gasteiger partial charge in [0.15, 0.2) is 17.5 Å². The molecule has 0 saturated carbocycles. The maximum Gasteiger partial charge on any atom is 0.182 e. The molecule has 0 spiro atoms. The fourth-order valence-corrected chi connectivity index (χ4v) is 5.17. The lowest BCUT2D eigenvalue weighted by atomic mass is 10.1. The van der Waals surface area contributed by atoms with Gasteiger partial charge in [-0.3, -0.25) is 15.0 Å². The Morgan fingerprint density at radius 1 is 0.533 bits per heavy atom. The minimum Gasteiger partial charge on any atom is -0.262 e. The SMILES string of the molecule is C=Nc1c(/C=C\C)ccc2ccc(-c3nc(-c4ccc(-c5ccccc5)cn4)nc(-c4ccc(-c5ccccc5)cn4)n3)nc12. The summed E-state index contributed by atoms with van der Waals surface area (Å²) in [6.07, 6.45) is 7.63. The Morgan fingerprint density at radius 3 is 1.53 bits per heavy atom. The molecule has 45 heavy (non-hydrogen) atoms. The molecule has 3 aromatic carbocycles. The van der Waals surface area contributed by atoms with Crippen LogP contribution < -0.4 is 0 Å². The topological polar surface area (TPSA) is 89.7 Å². The molecule has 0 aliphatic heterocycles. The second kappa shape index (κ2) is 12.2. The average Bonchev–Trinajstić information content (AvgIpc) is 3.12. The predicted octanol–water partition coefficient (Wildman–Crippen LogP) is 8.91. The van der Waals surface area contributed by atoms with E-state index in [9.17, 15) is 0 Å². The minimum absolute atomic E-state index is 0.409. The molecular formula is C38H27N7. The summed E-state index contributed by atoms with van der Waals surface area (Å²) >= 11 is 0. The monoisotopic (exact) mass is 581 g/mol. The van der Waals surface area contributed by atoms with E-state index >= 15 is 0 Å². The second-order valence-electron chi connectivity index (χ2n) is 10.3. The van der Waals surface area contributed by atoms with Gasteiger partial charge in [0.05, 0.1) is 11.2 Å². The molecule has 0 fully saturated rings. The number of hydrogen-bond acceptors (Lipinski definition) is 7. The first kappa shape index (κ1) is 27.6. The number of hydrogen-bond donors (Lipinski definition) is 0. The molecule has 7 heteroatoms. The van der Waals surface area contributed by atoms with Gasteiger partial charge in [0, 0.05) is 34.5 Å². The molecule has 0 unspecified atom stereocenters. The number of rotatable bonds is 7. The van der Waals surface area contributed by atoms with E-state index in [1.165, 1.54) is 0 Å². The lowest BCUT2D eigenvalue weighted by molar-refractivity contribution is 1.04. The first-order chi connectivity index (χ1) is 22.2. The van der Waals surface area contributed by atoms with Crippen molar-refractivity contribution in [3.05, 3.63) is 133 Å². The van der Waals surface area contributed by atoms with Crippen LogP contribution in [0, 0.1) is 0 Å². The fraction of sp³-hybridized carbons (Fsp3) is 0.0263. The van der Waals surface area contributed by atoms with Crippen LogP contribution in [-0.4, -0.2) is 36.6 Å². The van der Waals surface area contributed by atoms with Crippen LogP contribution >= 0.6 is 0 Å². The molecule has 0 N–H and O–H groups in total. The Bertz CT molecular complexity index is 2060. The summed E-state index contributed by atoms with van der Waals surface area (Å²) in [5.41, 5.74) is 8.35. The number of fused-ring (bicyclic) bond motifs is 1. The number of nitrogens with zero attached hydrogens (tertiary/aromatic N) is 7. The Hall–Kier alpha value is -6.21. The molecule has 0 saturated heterocycles. The number of aromatic nitrogens is 6. The van der Waals surface area contributed by atoms with Gasteiger partial charge in [0.1, 0.15) is 17.1 Å². The van der Waals surface area contributed by atoms with Crippen molar-refractivity contribution in [2.24, 2.45) is 4.99 Å². The van der Waals surface area contributed by atoms with Crippen molar-refractivity contribution in [2.45, 2.75) is 6.92 Å². The van der Waals surface area contributed by atoms with Crippen molar-refractivity contribution < 1.29 is 0 Å². The highest BCUT2D eigenvalue weighted by Gasteiger charge is 2.16. The van der Waals surface area contributed by atoms with Crippen molar-refractivity contribution in [3.63, 3.8) is 0 Å². The lowest BCUT2D eigenvalue weighted by Gasteiger charge is -2.10. The molecule has 0 atom stereocenters. The van der Waals surface area contributed by atoms with E-state index < -0.39 is 0 Å². The summed E-state index contributed by atoms with van der Waals surface area (Å²) in [5, 5.41) is 0.945. The maximum atomic E-state index is 4.98. The highest BCUT2D eigenvalue weighted by molar-refractivity contribution is 5.95. The summed E-state index contributed by atoms with van der Waals surface area (Å²) in [6.45, 7) is 5.78. The third-order valence-electron chi connectivity index (χ3n) is 7.43. The summed E-state index contributed by atoms with van der Waals surface area (Å²) in [7, 11) is 0. The predicted molar refractivity (Wildman–Crippen MR) is 182 cm³/mol. The Balaban J connectivity index is 1.36.